The van der Waals surface area contributed by atoms with Gasteiger partial charge in [0.25, 0.3) is 0 Å². The lowest BCUT2D eigenvalue weighted by Crippen LogP contribution is -2.49. The molecular weight excluding hydrogens is 345 g/mol. The van der Waals surface area contributed by atoms with Crippen LogP contribution >= 0.6 is 34.8 Å². The number of rotatable bonds is 3. The Bertz CT molecular complexity index is 594. The van der Waals surface area contributed by atoms with Gasteiger partial charge in [-0.05, 0) is 25.1 Å². The van der Waals surface area contributed by atoms with Crippen LogP contribution in [0.1, 0.15) is 6.92 Å². The number of ether oxygens (including phenoxy) is 1. The van der Waals surface area contributed by atoms with Crippen LogP contribution in [0.25, 0.3) is 0 Å². The Hall–Kier alpha value is -0.0400. The van der Waals surface area contributed by atoms with E-state index in [0.29, 0.717) is 5.02 Å². The molecule has 2 atom stereocenters. The van der Waals surface area contributed by atoms with Gasteiger partial charge in [0.15, 0.2) is 0 Å². The van der Waals surface area contributed by atoms with Crippen molar-refractivity contribution in [1.82, 2.24) is 4.31 Å². The van der Waals surface area contributed by atoms with Gasteiger partial charge in [0, 0.05) is 19.0 Å². The average molecular weight is 359 g/mol. The number of hydrogen-bond acceptors (Lipinski definition) is 3. The summed E-state index contributed by atoms with van der Waals surface area (Å²) >= 11 is 17.5. The zero-order chi connectivity index (χ0) is 14.9. The lowest BCUT2D eigenvalue weighted by atomic mass is 10.3. The van der Waals surface area contributed by atoms with Crippen LogP contribution in [0.5, 0.6) is 0 Å². The van der Waals surface area contributed by atoms with Crippen molar-refractivity contribution in [2.45, 2.75) is 24.0 Å². The van der Waals surface area contributed by atoms with Crippen LogP contribution in [0.3, 0.4) is 0 Å². The van der Waals surface area contributed by atoms with E-state index in [0.717, 1.165) is 0 Å². The molecule has 1 saturated heterocycles. The molecular formula is C12H14Cl3NO3S. The van der Waals surface area contributed by atoms with Crippen molar-refractivity contribution in [1.29, 1.82) is 0 Å². The van der Waals surface area contributed by atoms with Crippen molar-refractivity contribution < 1.29 is 13.2 Å². The quantitative estimate of drug-likeness (QED) is 0.780. The molecule has 2 unspecified atom stereocenters. The molecule has 1 heterocycles. The maximum Gasteiger partial charge on any atom is 0.243 e. The van der Waals surface area contributed by atoms with E-state index in [-0.39, 0.29) is 41.1 Å². The summed E-state index contributed by atoms with van der Waals surface area (Å²) in [5, 5.41) is 0.530. The number of nitrogens with zero attached hydrogens (tertiary/aromatic N) is 1. The highest BCUT2D eigenvalue weighted by Crippen LogP contribution is 2.28. The van der Waals surface area contributed by atoms with Crippen molar-refractivity contribution in [3.63, 3.8) is 0 Å². The first-order valence-electron chi connectivity index (χ1n) is 6.01. The highest BCUT2D eigenvalue weighted by atomic mass is 35.5. The minimum atomic E-state index is -3.63. The normalized spacial score (nSPS) is 24.8. The van der Waals surface area contributed by atoms with Crippen LogP contribution in [0, 0.1) is 0 Å². The molecule has 0 aliphatic carbocycles. The largest absolute Gasteiger partial charge is 0.371 e. The van der Waals surface area contributed by atoms with E-state index in [2.05, 4.69) is 0 Å². The number of benzene rings is 1. The van der Waals surface area contributed by atoms with Gasteiger partial charge in [-0.2, -0.15) is 4.31 Å². The van der Waals surface area contributed by atoms with Gasteiger partial charge in [-0.3, -0.25) is 0 Å². The van der Waals surface area contributed by atoms with Gasteiger partial charge < -0.3 is 4.74 Å². The van der Waals surface area contributed by atoms with E-state index < -0.39 is 10.0 Å². The third kappa shape index (κ3) is 3.40. The number of sulfonamides is 1. The molecule has 0 amide bonds. The van der Waals surface area contributed by atoms with Gasteiger partial charge in [-0.1, -0.05) is 23.2 Å². The standard InChI is InChI=1S/C12H14Cl3NO3S/c1-8-6-16(7-9(5-13)19-8)20(17,18)10-2-3-11(14)12(15)4-10/h2-4,8-9H,5-7H2,1H3. The number of alkyl halides is 1. The molecule has 0 saturated carbocycles. The van der Waals surface area contributed by atoms with Crippen molar-refractivity contribution in [3.05, 3.63) is 28.2 Å². The van der Waals surface area contributed by atoms with Crippen LogP contribution < -0.4 is 0 Å². The summed E-state index contributed by atoms with van der Waals surface area (Å²) in [5.74, 6) is 0.248. The molecule has 1 aromatic rings. The van der Waals surface area contributed by atoms with E-state index in [1.54, 1.807) is 0 Å². The topological polar surface area (TPSA) is 46.6 Å². The minimum Gasteiger partial charge on any atom is -0.371 e. The average Bonchev–Trinajstić information content (AvgIpc) is 2.41. The van der Waals surface area contributed by atoms with E-state index in [4.69, 9.17) is 39.5 Å². The molecule has 20 heavy (non-hydrogen) atoms. The van der Waals surface area contributed by atoms with Gasteiger partial charge in [-0.25, -0.2) is 8.42 Å². The summed E-state index contributed by atoms with van der Waals surface area (Å²) < 4.78 is 32.1. The summed E-state index contributed by atoms with van der Waals surface area (Å²) in [6, 6.07) is 4.27. The van der Waals surface area contributed by atoms with Crippen molar-refractivity contribution in [2.75, 3.05) is 19.0 Å². The number of halogens is 3. The van der Waals surface area contributed by atoms with Crippen LogP contribution in [-0.2, 0) is 14.8 Å². The highest BCUT2D eigenvalue weighted by Gasteiger charge is 2.33. The SMILES string of the molecule is CC1CN(S(=O)(=O)c2ccc(Cl)c(Cl)c2)CC(CCl)O1. The summed E-state index contributed by atoms with van der Waals surface area (Å²) in [7, 11) is -3.63. The van der Waals surface area contributed by atoms with E-state index in [1.807, 2.05) is 6.92 Å². The molecule has 0 spiro atoms. The van der Waals surface area contributed by atoms with Gasteiger partial charge in [-0.15, -0.1) is 11.6 Å². The molecule has 0 bridgehead atoms. The first-order chi connectivity index (χ1) is 9.34. The zero-order valence-corrected chi connectivity index (χ0v) is 13.8. The third-order valence-electron chi connectivity index (χ3n) is 2.99. The van der Waals surface area contributed by atoms with Crippen molar-refractivity contribution in [3.8, 4) is 0 Å². The van der Waals surface area contributed by atoms with Crippen LogP contribution in [0.15, 0.2) is 23.1 Å². The molecule has 1 fully saturated rings. The van der Waals surface area contributed by atoms with Gasteiger partial charge >= 0.3 is 0 Å². The summed E-state index contributed by atoms with van der Waals surface area (Å²) in [6.45, 7) is 2.34. The molecule has 0 aromatic heterocycles. The van der Waals surface area contributed by atoms with E-state index >= 15 is 0 Å². The monoisotopic (exact) mass is 357 g/mol. The lowest BCUT2D eigenvalue weighted by Gasteiger charge is -2.35. The van der Waals surface area contributed by atoms with Gasteiger partial charge in [0.05, 0.1) is 27.1 Å². The summed E-state index contributed by atoms with van der Waals surface area (Å²) in [4.78, 5) is 0.120. The second-order valence-corrected chi connectivity index (χ2v) is 7.68. The Kier molecular flexibility index (Phi) is 5.21. The summed E-state index contributed by atoms with van der Waals surface area (Å²) in [6.07, 6.45) is -0.511. The minimum absolute atomic E-state index is 0.120. The van der Waals surface area contributed by atoms with E-state index in [1.165, 1.54) is 22.5 Å². The highest BCUT2D eigenvalue weighted by molar-refractivity contribution is 7.89. The molecule has 1 aliphatic rings. The molecule has 112 valence electrons. The molecule has 1 aromatic carbocycles. The maximum absolute atomic E-state index is 12.6. The fourth-order valence-electron chi connectivity index (χ4n) is 2.07. The Morgan fingerprint density at radius 3 is 2.60 bits per heavy atom. The maximum atomic E-state index is 12.6. The van der Waals surface area contributed by atoms with Crippen molar-refractivity contribution >= 4 is 44.8 Å². The lowest BCUT2D eigenvalue weighted by molar-refractivity contribution is -0.0423. The number of morpholine rings is 1. The fourth-order valence-corrected chi connectivity index (χ4v) is 4.18. The van der Waals surface area contributed by atoms with Crippen LogP contribution in [0.4, 0.5) is 0 Å². The zero-order valence-electron chi connectivity index (χ0n) is 10.7. The molecule has 0 N–H and O–H groups in total. The van der Waals surface area contributed by atoms with E-state index in [9.17, 15) is 8.42 Å². The smallest absolute Gasteiger partial charge is 0.243 e. The second kappa shape index (κ2) is 6.38. The Morgan fingerprint density at radius 1 is 1.30 bits per heavy atom. The number of hydrogen-bond donors (Lipinski definition) is 0. The molecule has 8 heteroatoms. The molecule has 2 rings (SSSR count). The second-order valence-electron chi connectivity index (χ2n) is 4.62. The molecule has 0 radical (unpaired) electrons. The fraction of sp³-hybridized carbons (Fsp3) is 0.500. The third-order valence-corrected chi connectivity index (χ3v) is 5.90. The summed E-state index contributed by atoms with van der Waals surface area (Å²) in [5.41, 5.74) is 0. The van der Waals surface area contributed by atoms with Gasteiger partial charge in [0.1, 0.15) is 0 Å². The first kappa shape index (κ1) is 16.3. The van der Waals surface area contributed by atoms with Crippen LogP contribution in [-0.4, -0.2) is 43.9 Å². The predicted octanol–water partition coefficient (Wildman–Crippen LogP) is 3.01. The Labute approximate surface area is 133 Å². The van der Waals surface area contributed by atoms with Crippen molar-refractivity contribution in [2.24, 2.45) is 0 Å². The predicted molar refractivity (Wildman–Crippen MR) is 80.3 cm³/mol. The van der Waals surface area contributed by atoms with Crippen LogP contribution in [0.2, 0.25) is 10.0 Å². The Morgan fingerprint density at radius 2 is 2.00 bits per heavy atom. The van der Waals surface area contributed by atoms with Gasteiger partial charge in [0.2, 0.25) is 10.0 Å². The molecule has 4 nitrogen and oxygen atoms in total. The molecule has 1 aliphatic heterocycles. The Balaban J connectivity index is 2.31. The first-order valence-corrected chi connectivity index (χ1v) is 8.74.